The molecule has 3 amide bonds. The van der Waals surface area contributed by atoms with Crippen LogP contribution in [0.5, 0.6) is 5.75 Å². The van der Waals surface area contributed by atoms with Crippen molar-refractivity contribution in [3.05, 3.63) is 76.5 Å². The highest BCUT2D eigenvalue weighted by Crippen LogP contribution is 2.40. The highest BCUT2D eigenvalue weighted by atomic mass is 32.1. The van der Waals surface area contributed by atoms with Gasteiger partial charge in [0.05, 0.1) is 18.8 Å². The summed E-state index contributed by atoms with van der Waals surface area (Å²) in [5, 5.41) is 19.1. The van der Waals surface area contributed by atoms with E-state index in [1.807, 2.05) is 24.4 Å². The topological polar surface area (TPSA) is 90.9 Å². The largest absolute Gasteiger partial charge is 0.494 e. The second kappa shape index (κ2) is 8.17. The molecule has 0 fully saturated rings. The van der Waals surface area contributed by atoms with E-state index in [9.17, 15) is 14.7 Å². The lowest BCUT2D eigenvalue weighted by Gasteiger charge is -2.42. The third-order valence-corrected chi connectivity index (χ3v) is 5.67. The lowest BCUT2D eigenvalue weighted by molar-refractivity contribution is -0.140. The van der Waals surface area contributed by atoms with E-state index in [2.05, 4.69) is 10.6 Å². The lowest BCUT2D eigenvalue weighted by atomic mass is 9.95. The number of nitrogens with zero attached hydrogens (tertiary/aromatic N) is 1. The van der Waals surface area contributed by atoms with Gasteiger partial charge in [-0.05, 0) is 48.7 Å². The standard InChI is InChI=1S/C22H21N3O4S/c1-2-29-16-11-9-15(10-12-16)25-21(27)24-19-8-4-3-7-18(19)22(25,28)20(26)23-14-17-6-5-13-30-17/h3-13,28H,2,14H2,1H3,(H,23,26)(H,24,27). The fourth-order valence-corrected chi connectivity index (χ4v) is 4.07. The Kier molecular flexibility index (Phi) is 5.43. The van der Waals surface area contributed by atoms with Crippen molar-refractivity contribution in [2.75, 3.05) is 16.8 Å². The summed E-state index contributed by atoms with van der Waals surface area (Å²) in [5.74, 6) is -0.0585. The molecule has 1 aliphatic heterocycles. The molecular formula is C22H21N3O4S. The second-order valence-electron chi connectivity index (χ2n) is 6.67. The molecule has 7 nitrogen and oxygen atoms in total. The Morgan fingerprint density at radius 2 is 1.93 bits per heavy atom. The van der Waals surface area contributed by atoms with Gasteiger partial charge in [0, 0.05) is 16.1 Å². The van der Waals surface area contributed by atoms with Crippen LogP contribution in [0.25, 0.3) is 0 Å². The molecule has 0 saturated carbocycles. The maximum Gasteiger partial charge on any atom is 0.329 e. The molecule has 0 radical (unpaired) electrons. The molecule has 8 heteroatoms. The molecule has 0 aliphatic carbocycles. The predicted octanol–water partition coefficient (Wildman–Crippen LogP) is 3.66. The SMILES string of the molecule is CCOc1ccc(N2C(=O)Nc3ccccc3C2(O)C(=O)NCc2cccs2)cc1. The van der Waals surface area contributed by atoms with Crippen LogP contribution in [0, 0.1) is 0 Å². The number of urea groups is 1. The number of fused-ring (bicyclic) bond motifs is 1. The lowest BCUT2D eigenvalue weighted by Crippen LogP contribution is -2.62. The Morgan fingerprint density at radius 1 is 1.17 bits per heavy atom. The van der Waals surface area contributed by atoms with Crippen molar-refractivity contribution >= 4 is 34.6 Å². The van der Waals surface area contributed by atoms with E-state index >= 15 is 0 Å². The van der Waals surface area contributed by atoms with Crippen molar-refractivity contribution in [3.63, 3.8) is 0 Å². The first-order valence-corrected chi connectivity index (χ1v) is 10.4. The van der Waals surface area contributed by atoms with Gasteiger partial charge in [-0.15, -0.1) is 11.3 Å². The summed E-state index contributed by atoms with van der Waals surface area (Å²) in [4.78, 5) is 28.2. The average Bonchev–Trinajstić information content (AvgIpc) is 3.27. The summed E-state index contributed by atoms with van der Waals surface area (Å²) >= 11 is 1.50. The van der Waals surface area contributed by atoms with Crippen LogP contribution in [-0.2, 0) is 17.1 Å². The van der Waals surface area contributed by atoms with E-state index in [1.165, 1.54) is 11.3 Å². The predicted molar refractivity (Wildman–Crippen MR) is 116 cm³/mol. The molecule has 3 N–H and O–H groups in total. The van der Waals surface area contributed by atoms with Crippen LogP contribution in [0.15, 0.2) is 66.0 Å². The minimum Gasteiger partial charge on any atom is -0.494 e. The fourth-order valence-electron chi connectivity index (χ4n) is 3.42. The van der Waals surface area contributed by atoms with Gasteiger partial charge in [0.1, 0.15) is 5.75 Å². The molecular weight excluding hydrogens is 402 g/mol. The summed E-state index contributed by atoms with van der Waals surface area (Å²) < 4.78 is 5.45. The van der Waals surface area contributed by atoms with E-state index in [0.29, 0.717) is 29.3 Å². The Hall–Kier alpha value is -3.36. The minimum atomic E-state index is -2.22. The quantitative estimate of drug-likeness (QED) is 0.564. The number of rotatable bonds is 6. The zero-order valence-corrected chi connectivity index (χ0v) is 17.1. The molecule has 2 aromatic carbocycles. The molecule has 3 aromatic rings. The smallest absolute Gasteiger partial charge is 0.329 e. The van der Waals surface area contributed by atoms with Gasteiger partial charge in [0.2, 0.25) is 0 Å². The first-order valence-electron chi connectivity index (χ1n) is 9.50. The Labute approximate surface area is 177 Å². The summed E-state index contributed by atoms with van der Waals surface area (Å²) in [6.45, 7) is 2.63. The second-order valence-corrected chi connectivity index (χ2v) is 7.70. The van der Waals surface area contributed by atoms with E-state index in [0.717, 1.165) is 9.78 Å². The number of thiophene rings is 1. The number of nitrogens with one attached hydrogen (secondary N) is 2. The molecule has 1 atom stereocenters. The Bertz CT molecular complexity index is 1050. The van der Waals surface area contributed by atoms with E-state index in [4.69, 9.17) is 4.74 Å². The van der Waals surface area contributed by atoms with Crippen LogP contribution in [0.2, 0.25) is 0 Å². The molecule has 1 aliphatic rings. The number of carbonyl (C=O) groups excluding carboxylic acids is 2. The van der Waals surface area contributed by atoms with Crippen molar-refractivity contribution < 1.29 is 19.4 Å². The maximum absolute atomic E-state index is 13.3. The number of hydrogen-bond acceptors (Lipinski definition) is 5. The van der Waals surface area contributed by atoms with Gasteiger partial charge in [-0.1, -0.05) is 24.3 Å². The Morgan fingerprint density at radius 3 is 2.63 bits per heavy atom. The van der Waals surface area contributed by atoms with Gasteiger partial charge < -0.3 is 20.5 Å². The van der Waals surface area contributed by atoms with Crippen molar-refractivity contribution in [2.24, 2.45) is 0 Å². The van der Waals surface area contributed by atoms with Crippen LogP contribution >= 0.6 is 11.3 Å². The zero-order valence-electron chi connectivity index (χ0n) is 16.3. The van der Waals surface area contributed by atoms with Gasteiger partial charge in [0.25, 0.3) is 11.6 Å². The number of para-hydroxylation sites is 1. The van der Waals surface area contributed by atoms with Gasteiger partial charge in [0.15, 0.2) is 0 Å². The van der Waals surface area contributed by atoms with Crippen LogP contribution in [0.4, 0.5) is 16.2 Å². The molecule has 30 heavy (non-hydrogen) atoms. The molecule has 4 rings (SSSR count). The van der Waals surface area contributed by atoms with Gasteiger partial charge in [-0.2, -0.15) is 0 Å². The van der Waals surface area contributed by atoms with E-state index in [1.54, 1.807) is 48.5 Å². The van der Waals surface area contributed by atoms with Crippen molar-refractivity contribution in [1.29, 1.82) is 0 Å². The van der Waals surface area contributed by atoms with E-state index < -0.39 is 17.7 Å². The summed E-state index contributed by atoms with van der Waals surface area (Å²) in [6.07, 6.45) is 0. The third kappa shape index (κ3) is 3.51. The molecule has 1 unspecified atom stereocenters. The fraction of sp³-hybridized carbons (Fsp3) is 0.182. The Balaban J connectivity index is 1.74. The van der Waals surface area contributed by atoms with Gasteiger partial charge in [-0.3, -0.25) is 9.69 Å². The van der Waals surface area contributed by atoms with E-state index in [-0.39, 0.29) is 6.54 Å². The first-order chi connectivity index (χ1) is 14.5. The molecule has 0 bridgehead atoms. The summed E-state index contributed by atoms with van der Waals surface area (Å²) in [7, 11) is 0. The normalized spacial score (nSPS) is 17.8. The van der Waals surface area contributed by atoms with Gasteiger partial charge >= 0.3 is 6.03 Å². The number of amides is 3. The first kappa shape index (κ1) is 19.9. The third-order valence-electron chi connectivity index (χ3n) is 4.80. The molecule has 0 spiro atoms. The maximum atomic E-state index is 13.3. The van der Waals surface area contributed by atoms with Crippen LogP contribution in [-0.4, -0.2) is 23.7 Å². The van der Waals surface area contributed by atoms with Crippen molar-refractivity contribution in [1.82, 2.24) is 5.32 Å². The zero-order chi connectivity index (χ0) is 21.1. The number of hydrogen-bond donors (Lipinski definition) is 3. The number of benzene rings is 2. The molecule has 1 aromatic heterocycles. The highest BCUT2D eigenvalue weighted by Gasteiger charge is 2.51. The summed E-state index contributed by atoms with van der Waals surface area (Å²) in [6, 6.07) is 16.5. The van der Waals surface area contributed by atoms with Crippen LogP contribution < -0.4 is 20.3 Å². The number of carbonyl (C=O) groups is 2. The number of anilines is 2. The average molecular weight is 423 g/mol. The van der Waals surface area contributed by atoms with Crippen LogP contribution in [0.1, 0.15) is 17.4 Å². The molecule has 154 valence electrons. The number of aliphatic hydroxyl groups is 1. The highest BCUT2D eigenvalue weighted by molar-refractivity contribution is 7.09. The monoisotopic (exact) mass is 423 g/mol. The molecule has 2 heterocycles. The minimum absolute atomic E-state index is 0.250. The summed E-state index contributed by atoms with van der Waals surface area (Å²) in [5.41, 5.74) is -1.18. The van der Waals surface area contributed by atoms with Crippen molar-refractivity contribution in [3.8, 4) is 5.75 Å². The van der Waals surface area contributed by atoms with Gasteiger partial charge in [-0.25, -0.2) is 4.79 Å². The van der Waals surface area contributed by atoms with Crippen molar-refractivity contribution in [2.45, 2.75) is 19.2 Å². The molecule has 0 saturated heterocycles. The van der Waals surface area contributed by atoms with Crippen LogP contribution in [0.3, 0.4) is 0 Å². The number of ether oxygens (including phenoxy) is 1.